The summed E-state index contributed by atoms with van der Waals surface area (Å²) < 4.78 is 29.6. The molecule has 34 heavy (non-hydrogen) atoms. The normalized spacial score (nSPS) is 15.6. The molecule has 1 aliphatic carbocycles. The number of H-pyrrole nitrogens is 1. The van der Waals surface area contributed by atoms with Crippen LogP contribution in [0.1, 0.15) is 62.6 Å². The molecule has 3 aromatic rings. The Balaban J connectivity index is 1.43. The number of nitrogens with one attached hydrogen (secondary N) is 3. The van der Waals surface area contributed by atoms with E-state index in [9.17, 15) is 23.2 Å². The van der Waals surface area contributed by atoms with Gasteiger partial charge in [0.15, 0.2) is 0 Å². The predicted molar refractivity (Wildman–Crippen MR) is 116 cm³/mol. The maximum absolute atomic E-state index is 13.9. The fourth-order valence-electron chi connectivity index (χ4n) is 4.61. The lowest BCUT2D eigenvalue weighted by atomic mass is 10.0. The molecule has 0 bridgehead atoms. The van der Waals surface area contributed by atoms with Gasteiger partial charge in [-0.15, -0.1) is 5.10 Å². The van der Waals surface area contributed by atoms with E-state index < -0.39 is 34.8 Å². The average molecular weight is 468 g/mol. The largest absolute Gasteiger partial charge is 0.340 e. The second-order valence-corrected chi connectivity index (χ2v) is 8.79. The number of carbonyl (C=O) groups is 3. The number of fused-ring (bicyclic) bond motifs is 1. The van der Waals surface area contributed by atoms with Gasteiger partial charge in [0.25, 0.3) is 17.6 Å². The molecule has 2 aliphatic rings. The van der Waals surface area contributed by atoms with Gasteiger partial charge in [-0.3, -0.25) is 19.5 Å². The zero-order valence-electron chi connectivity index (χ0n) is 18.6. The number of nitrogens with zero attached hydrogens (tertiary/aromatic N) is 3. The number of hydrogen-bond donors (Lipinski definition) is 3. The molecule has 2 aromatic heterocycles. The van der Waals surface area contributed by atoms with E-state index in [1.807, 2.05) is 0 Å². The Labute approximate surface area is 192 Å². The van der Waals surface area contributed by atoms with E-state index >= 15 is 0 Å². The van der Waals surface area contributed by atoms with Crippen molar-refractivity contribution in [2.75, 3.05) is 5.32 Å². The molecule has 1 fully saturated rings. The van der Waals surface area contributed by atoms with Crippen molar-refractivity contribution in [1.29, 1.82) is 0 Å². The molecule has 0 spiro atoms. The van der Waals surface area contributed by atoms with E-state index in [0.29, 0.717) is 49.2 Å². The van der Waals surface area contributed by atoms with Gasteiger partial charge in [0.1, 0.15) is 23.0 Å². The quantitative estimate of drug-likeness (QED) is 0.379. The van der Waals surface area contributed by atoms with Gasteiger partial charge in [-0.2, -0.15) is 0 Å². The van der Waals surface area contributed by atoms with E-state index in [1.165, 1.54) is 6.92 Å². The zero-order chi connectivity index (χ0) is 24.2. The van der Waals surface area contributed by atoms with E-state index in [4.69, 9.17) is 0 Å². The summed E-state index contributed by atoms with van der Waals surface area (Å²) in [6.45, 7) is 3.40. The molecule has 0 saturated heterocycles. The summed E-state index contributed by atoms with van der Waals surface area (Å²) in [7, 11) is 0. The number of benzene rings is 1. The third-order valence-electron chi connectivity index (χ3n) is 6.61. The first-order valence-electron chi connectivity index (χ1n) is 10.9. The number of halogens is 2. The van der Waals surface area contributed by atoms with Crippen molar-refractivity contribution in [1.82, 2.24) is 25.3 Å². The first-order valence-corrected chi connectivity index (χ1v) is 10.9. The van der Waals surface area contributed by atoms with E-state index in [2.05, 4.69) is 26.0 Å². The molecule has 1 saturated carbocycles. The number of Topliss-reactive ketones (excluding diaryl/α,β-unsaturated/α-hetero) is 1. The topological polar surface area (TPSA) is 122 Å². The molecule has 176 valence electrons. The summed E-state index contributed by atoms with van der Waals surface area (Å²) in [6.07, 6.45) is 4.10. The second kappa shape index (κ2) is 7.86. The number of hydrogen-bond acceptors (Lipinski definition) is 5. The third-order valence-corrected chi connectivity index (χ3v) is 6.61. The predicted octanol–water partition coefficient (Wildman–Crippen LogP) is 2.69. The van der Waals surface area contributed by atoms with Crippen LogP contribution in [0.25, 0.3) is 0 Å². The molecule has 1 aliphatic heterocycles. The van der Waals surface area contributed by atoms with Crippen LogP contribution >= 0.6 is 0 Å². The minimum atomic E-state index is -0.779. The van der Waals surface area contributed by atoms with Crippen molar-refractivity contribution in [3.63, 3.8) is 0 Å². The number of aromatic nitrogens is 4. The Bertz CT molecular complexity index is 1320. The van der Waals surface area contributed by atoms with Gasteiger partial charge in [-0.05, 0) is 57.2 Å². The van der Waals surface area contributed by atoms with Crippen LogP contribution in [0.15, 0.2) is 18.3 Å². The third kappa shape index (κ3) is 3.47. The summed E-state index contributed by atoms with van der Waals surface area (Å²) >= 11 is 0. The Morgan fingerprint density at radius 3 is 2.44 bits per heavy atom. The van der Waals surface area contributed by atoms with E-state index in [-0.39, 0.29) is 22.5 Å². The van der Waals surface area contributed by atoms with Crippen molar-refractivity contribution in [2.24, 2.45) is 0 Å². The van der Waals surface area contributed by atoms with Crippen molar-refractivity contribution in [2.45, 2.75) is 51.6 Å². The molecule has 0 unspecified atom stereocenters. The Morgan fingerprint density at radius 1 is 1.12 bits per heavy atom. The van der Waals surface area contributed by atoms with Crippen molar-refractivity contribution in [3.05, 3.63) is 63.7 Å². The molecule has 5 rings (SSSR count). The van der Waals surface area contributed by atoms with Crippen molar-refractivity contribution < 1.29 is 23.2 Å². The number of amides is 2. The Hall–Kier alpha value is -3.89. The first kappa shape index (κ1) is 21.9. The number of aromatic amines is 1. The minimum absolute atomic E-state index is 0.0348. The standard InChI is InChI=1S/C23H22F2N6O3/c1-11-14(24)8-13(9-15(11)25)27-21(33)19-12(2)18(16-4-3-7-31(16)19)20(32)22(34)28-23(5-6-23)17-10-26-30-29-17/h8-10H,3-7H2,1-2H3,(H,27,33)(H,28,34)(H,26,29,30). The average Bonchev–Trinajstić information content (AvgIpc) is 3.14. The van der Waals surface area contributed by atoms with Crippen LogP contribution in [0.3, 0.4) is 0 Å². The first-order chi connectivity index (χ1) is 16.2. The maximum Gasteiger partial charge on any atom is 0.293 e. The van der Waals surface area contributed by atoms with Crippen LogP contribution in [-0.4, -0.2) is 37.6 Å². The van der Waals surface area contributed by atoms with Gasteiger partial charge in [0.05, 0.1) is 11.1 Å². The number of anilines is 1. The lowest BCUT2D eigenvalue weighted by Crippen LogP contribution is -2.40. The summed E-state index contributed by atoms with van der Waals surface area (Å²) in [5.74, 6) is -3.67. The van der Waals surface area contributed by atoms with E-state index in [1.54, 1.807) is 17.7 Å². The van der Waals surface area contributed by atoms with E-state index in [0.717, 1.165) is 12.1 Å². The lowest BCUT2D eigenvalue weighted by Gasteiger charge is -2.14. The molecular formula is C23H22F2N6O3. The van der Waals surface area contributed by atoms with Gasteiger partial charge in [-0.1, -0.05) is 5.21 Å². The Morgan fingerprint density at radius 2 is 1.82 bits per heavy atom. The number of carbonyl (C=O) groups excluding carboxylic acids is 3. The minimum Gasteiger partial charge on any atom is -0.340 e. The smallest absolute Gasteiger partial charge is 0.293 e. The number of ketones is 1. The van der Waals surface area contributed by atoms with Gasteiger partial charge < -0.3 is 15.2 Å². The molecular weight excluding hydrogens is 446 g/mol. The zero-order valence-corrected chi connectivity index (χ0v) is 18.6. The highest BCUT2D eigenvalue weighted by Gasteiger charge is 2.49. The van der Waals surface area contributed by atoms with Gasteiger partial charge >= 0.3 is 0 Å². The van der Waals surface area contributed by atoms with Gasteiger partial charge in [0.2, 0.25) is 0 Å². The molecule has 0 radical (unpaired) electrons. The van der Waals surface area contributed by atoms with Crippen LogP contribution in [0.5, 0.6) is 0 Å². The van der Waals surface area contributed by atoms with Crippen LogP contribution in [0.4, 0.5) is 14.5 Å². The van der Waals surface area contributed by atoms with Gasteiger partial charge in [-0.25, -0.2) is 8.78 Å². The van der Waals surface area contributed by atoms with Crippen molar-refractivity contribution in [3.8, 4) is 0 Å². The van der Waals surface area contributed by atoms with Crippen LogP contribution in [0.2, 0.25) is 0 Å². The van der Waals surface area contributed by atoms with Gasteiger partial charge in [0, 0.05) is 29.7 Å². The summed E-state index contributed by atoms with van der Waals surface area (Å²) in [6, 6.07) is 2.08. The van der Waals surface area contributed by atoms with Crippen LogP contribution < -0.4 is 10.6 Å². The van der Waals surface area contributed by atoms with Crippen molar-refractivity contribution >= 4 is 23.3 Å². The highest BCUT2D eigenvalue weighted by atomic mass is 19.1. The summed E-state index contributed by atoms with van der Waals surface area (Å²) in [5.41, 5.74) is 1.02. The molecule has 1 aromatic carbocycles. The maximum atomic E-state index is 13.9. The lowest BCUT2D eigenvalue weighted by molar-refractivity contribution is -0.118. The fourth-order valence-corrected chi connectivity index (χ4v) is 4.61. The summed E-state index contributed by atoms with van der Waals surface area (Å²) in [5, 5.41) is 15.5. The summed E-state index contributed by atoms with van der Waals surface area (Å²) in [4.78, 5) is 39.2. The highest BCUT2D eigenvalue weighted by Crippen LogP contribution is 2.44. The molecule has 11 heteroatoms. The molecule has 2 amide bonds. The monoisotopic (exact) mass is 468 g/mol. The van der Waals surface area contributed by atoms with Crippen LogP contribution in [0, 0.1) is 25.5 Å². The Kier molecular flexibility index (Phi) is 5.07. The molecule has 3 heterocycles. The SMILES string of the molecule is Cc1c(F)cc(NC(=O)c2c(C)c(C(=O)C(=O)NC3(c4c[nH]nn4)CC3)c3n2CCC3)cc1F. The highest BCUT2D eigenvalue weighted by molar-refractivity contribution is 6.44. The number of rotatable bonds is 6. The van der Waals surface area contributed by atoms with Crippen LogP contribution in [-0.2, 0) is 23.3 Å². The molecule has 9 nitrogen and oxygen atoms in total. The fraction of sp³-hybridized carbons (Fsp3) is 0.348. The second-order valence-electron chi connectivity index (χ2n) is 8.79. The molecule has 3 N–H and O–H groups in total. The molecule has 0 atom stereocenters.